The molecule has 1 saturated carbocycles. The Morgan fingerprint density at radius 1 is 1.50 bits per heavy atom. The minimum absolute atomic E-state index is 0.210. The maximum absolute atomic E-state index is 12.7. The third-order valence-electron chi connectivity index (χ3n) is 4.61. The highest BCUT2D eigenvalue weighted by atomic mass is 16.5. The van der Waals surface area contributed by atoms with Gasteiger partial charge in [-0.1, -0.05) is 6.92 Å². The maximum Gasteiger partial charge on any atom is 0.170 e. The van der Waals surface area contributed by atoms with E-state index < -0.39 is 5.60 Å². The lowest BCUT2D eigenvalue weighted by Gasteiger charge is -2.37. The van der Waals surface area contributed by atoms with E-state index >= 15 is 0 Å². The molecule has 1 fully saturated rings. The Morgan fingerprint density at radius 2 is 2.15 bits per heavy atom. The minimum atomic E-state index is -0.566. The first kappa shape index (κ1) is 15.2. The third kappa shape index (κ3) is 2.95. The molecule has 0 spiro atoms. The van der Waals surface area contributed by atoms with Crippen molar-refractivity contribution < 1.29 is 9.53 Å². The molecule has 4 heteroatoms. The van der Waals surface area contributed by atoms with Crippen molar-refractivity contribution in [1.29, 1.82) is 0 Å². The molecule has 0 aromatic carbocycles. The molecule has 2 rings (SSSR count). The molecule has 1 aliphatic rings. The predicted molar refractivity (Wildman–Crippen MR) is 78.7 cm³/mol. The van der Waals surface area contributed by atoms with Crippen molar-refractivity contribution in [3.63, 3.8) is 0 Å². The van der Waals surface area contributed by atoms with E-state index in [0.29, 0.717) is 12.3 Å². The third-order valence-corrected chi connectivity index (χ3v) is 4.61. The fraction of sp³-hybridized carbons (Fsp3) is 0.750. The zero-order valence-electron chi connectivity index (χ0n) is 13.1. The number of aryl methyl sites for hydroxylation is 2. The highest BCUT2D eigenvalue weighted by Crippen LogP contribution is 2.35. The van der Waals surface area contributed by atoms with Gasteiger partial charge in [0, 0.05) is 19.3 Å². The van der Waals surface area contributed by atoms with E-state index in [1.165, 1.54) is 0 Å². The highest BCUT2D eigenvalue weighted by Gasteiger charge is 2.40. The second-order valence-electron chi connectivity index (χ2n) is 6.07. The first-order valence-corrected chi connectivity index (χ1v) is 7.62. The topological polar surface area (TPSA) is 44.1 Å². The summed E-state index contributed by atoms with van der Waals surface area (Å²) >= 11 is 0. The van der Waals surface area contributed by atoms with Crippen molar-refractivity contribution in [1.82, 2.24) is 9.78 Å². The molecule has 0 unspecified atom stereocenters. The van der Waals surface area contributed by atoms with E-state index in [4.69, 9.17) is 4.74 Å². The van der Waals surface area contributed by atoms with Gasteiger partial charge in [0.15, 0.2) is 5.78 Å². The Kier molecular flexibility index (Phi) is 4.63. The van der Waals surface area contributed by atoms with Crippen LogP contribution in [0.3, 0.4) is 0 Å². The minimum Gasteiger partial charge on any atom is -0.370 e. The summed E-state index contributed by atoms with van der Waals surface area (Å²) in [5, 5.41) is 4.41. The normalized spacial score (nSPS) is 26.7. The van der Waals surface area contributed by atoms with Crippen molar-refractivity contribution in [2.24, 2.45) is 5.92 Å². The molecule has 1 aromatic heterocycles. The predicted octanol–water partition coefficient (Wildman–Crippen LogP) is 2.92. The summed E-state index contributed by atoms with van der Waals surface area (Å²) in [4.78, 5) is 12.7. The fourth-order valence-corrected chi connectivity index (χ4v) is 3.17. The molecule has 0 N–H and O–H groups in total. The second-order valence-corrected chi connectivity index (χ2v) is 6.07. The van der Waals surface area contributed by atoms with Gasteiger partial charge in [0.25, 0.3) is 0 Å². The van der Waals surface area contributed by atoms with Gasteiger partial charge in [-0.3, -0.25) is 9.48 Å². The number of Topliss-reactive ketones (excluding diaryl/α,β-unsaturated/α-hetero) is 1. The van der Waals surface area contributed by atoms with E-state index in [2.05, 4.69) is 18.9 Å². The molecule has 1 aromatic rings. The number of hydrogen-bond donors (Lipinski definition) is 0. The van der Waals surface area contributed by atoms with Crippen LogP contribution in [0.5, 0.6) is 0 Å². The molecule has 0 atom stereocenters. The first-order valence-electron chi connectivity index (χ1n) is 7.62. The largest absolute Gasteiger partial charge is 0.370 e. The number of methoxy groups -OCH3 is 1. The molecule has 4 nitrogen and oxygen atoms in total. The van der Waals surface area contributed by atoms with Crippen molar-refractivity contribution >= 4 is 5.78 Å². The summed E-state index contributed by atoms with van der Waals surface area (Å²) < 4.78 is 7.58. The summed E-state index contributed by atoms with van der Waals surface area (Å²) in [7, 11) is 1.68. The quantitative estimate of drug-likeness (QED) is 0.832. The number of nitrogens with zero attached hydrogens (tertiary/aromatic N) is 2. The molecule has 0 aliphatic heterocycles. The van der Waals surface area contributed by atoms with Crippen LogP contribution in [-0.4, -0.2) is 28.3 Å². The summed E-state index contributed by atoms with van der Waals surface area (Å²) in [5.74, 6) is 0.913. The lowest BCUT2D eigenvalue weighted by Crippen LogP contribution is -2.45. The van der Waals surface area contributed by atoms with Crippen LogP contribution in [-0.2, 0) is 22.5 Å². The number of carbonyl (C=O) groups excluding carboxylic acids is 1. The number of aromatic nitrogens is 2. The van der Waals surface area contributed by atoms with Crippen LogP contribution in [0.2, 0.25) is 0 Å². The maximum atomic E-state index is 12.7. The smallest absolute Gasteiger partial charge is 0.170 e. The van der Waals surface area contributed by atoms with Crippen molar-refractivity contribution in [2.75, 3.05) is 7.11 Å². The van der Waals surface area contributed by atoms with Crippen molar-refractivity contribution in [3.05, 3.63) is 17.5 Å². The Balaban J connectivity index is 2.13. The monoisotopic (exact) mass is 278 g/mol. The molecule has 1 heterocycles. The van der Waals surface area contributed by atoms with Crippen LogP contribution in [0.4, 0.5) is 0 Å². The number of rotatable bonds is 5. The van der Waals surface area contributed by atoms with Crippen LogP contribution in [0.15, 0.2) is 6.07 Å². The Labute approximate surface area is 121 Å². The van der Waals surface area contributed by atoms with Gasteiger partial charge in [-0.15, -0.1) is 0 Å². The van der Waals surface area contributed by atoms with Gasteiger partial charge in [0.1, 0.15) is 5.60 Å². The lowest BCUT2D eigenvalue weighted by atomic mass is 9.76. The van der Waals surface area contributed by atoms with Gasteiger partial charge in [0.05, 0.1) is 12.1 Å². The Bertz CT molecular complexity index is 471. The van der Waals surface area contributed by atoms with Crippen molar-refractivity contribution in [2.45, 2.75) is 65.0 Å². The molecule has 20 heavy (non-hydrogen) atoms. The number of ether oxygens (including phenoxy) is 1. The number of ketones is 1. The second kappa shape index (κ2) is 6.08. The van der Waals surface area contributed by atoms with E-state index in [-0.39, 0.29) is 5.78 Å². The molecule has 1 aliphatic carbocycles. The number of carbonyl (C=O) groups is 1. The molecular weight excluding hydrogens is 252 g/mol. The Hall–Kier alpha value is -1.16. The molecule has 0 radical (unpaired) electrons. The van der Waals surface area contributed by atoms with Crippen LogP contribution in [0.1, 0.15) is 50.9 Å². The first-order chi connectivity index (χ1) is 9.50. The zero-order chi connectivity index (χ0) is 14.8. The van der Waals surface area contributed by atoms with Crippen molar-refractivity contribution in [3.8, 4) is 0 Å². The number of hydrogen-bond acceptors (Lipinski definition) is 3. The zero-order valence-corrected chi connectivity index (χ0v) is 13.1. The lowest BCUT2D eigenvalue weighted by molar-refractivity contribution is -0.145. The van der Waals surface area contributed by atoms with E-state index in [1.54, 1.807) is 7.11 Å². The molecule has 0 bridgehead atoms. The van der Waals surface area contributed by atoms with E-state index in [9.17, 15) is 4.79 Å². The van der Waals surface area contributed by atoms with Gasteiger partial charge >= 0.3 is 0 Å². The molecular formula is C16H26N2O2. The van der Waals surface area contributed by atoms with Gasteiger partial charge in [-0.25, -0.2) is 0 Å². The average Bonchev–Trinajstić information content (AvgIpc) is 2.80. The standard InChI is InChI=1S/C16H26N2O2/c1-5-18-14(10-13(3)17-18)11-15(19)16(20-4)8-6-12(2)7-9-16/h10,12H,5-9,11H2,1-4H3. The average molecular weight is 278 g/mol. The van der Waals surface area contributed by atoms with E-state index in [1.807, 2.05) is 17.7 Å². The van der Waals surface area contributed by atoms with Gasteiger partial charge in [-0.2, -0.15) is 5.10 Å². The SMILES string of the molecule is CCn1nc(C)cc1CC(=O)C1(OC)CCC(C)CC1. The van der Waals surface area contributed by atoms with Crippen LogP contribution < -0.4 is 0 Å². The Morgan fingerprint density at radius 3 is 2.70 bits per heavy atom. The summed E-state index contributed by atoms with van der Waals surface area (Å²) in [6.45, 7) is 7.07. The summed E-state index contributed by atoms with van der Waals surface area (Å²) in [6.07, 6.45) is 4.28. The molecule has 0 amide bonds. The summed E-state index contributed by atoms with van der Waals surface area (Å²) in [5.41, 5.74) is 1.41. The summed E-state index contributed by atoms with van der Waals surface area (Å²) in [6, 6.07) is 2.01. The van der Waals surface area contributed by atoms with Crippen LogP contribution in [0.25, 0.3) is 0 Å². The van der Waals surface area contributed by atoms with Gasteiger partial charge in [-0.05, 0) is 51.5 Å². The van der Waals surface area contributed by atoms with E-state index in [0.717, 1.165) is 43.6 Å². The van der Waals surface area contributed by atoms with Crippen LogP contribution in [0, 0.1) is 12.8 Å². The molecule has 112 valence electrons. The van der Waals surface area contributed by atoms with Gasteiger partial charge in [0.2, 0.25) is 0 Å². The highest BCUT2D eigenvalue weighted by molar-refractivity contribution is 5.89. The van der Waals surface area contributed by atoms with Crippen LogP contribution >= 0.6 is 0 Å². The molecule has 0 saturated heterocycles. The van der Waals surface area contributed by atoms with Gasteiger partial charge < -0.3 is 4.74 Å². The fourth-order valence-electron chi connectivity index (χ4n) is 3.17.